The van der Waals surface area contributed by atoms with Crippen LogP contribution in [0.4, 0.5) is 5.69 Å². The van der Waals surface area contributed by atoms with E-state index in [0.29, 0.717) is 6.42 Å². The molecule has 0 aliphatic carbocycles. The van der Waals surface area contributed by atoms with E-state index in [1.54, 1.807) is 12.1 Å². The molecular weight excluding hydrogens is 242 g/mol. The zero-order valence-corrected chi connectivity index (χ0v) is 11.5. The van der Waals surface area contributed by atoms with Gasteiger partial charge in [0.25, 0.3) is 0 Å². The molecule has 19 heavy (non-hydrogen) atoms. The van der Waals surface area contributed by atoms with Gasteiger partial charge in [-0.05, 0) is 56.4 Å². The molecule has 1 unspecified atom stereocenters. The largest absolute Gasteiger partial charge is 0.508 e. The zero-order valence-electron chi connectivity index (χ0n) is 11.5. The number of aryl methyl sites for hydroxylation is 2. The minimum atomic E-state index is 0.00342. The van der Waals surface area contributed by atoms with Crippen molar-refractivity contribution in [2.24, 2.45) is 0 Å². The Morgan fingerprint density at radius 3 is 2.89 bits per heavy atom. The van der Waals surface area contributed by atoms with Crippen molar-refractivity contribution in [3.63, 3.8) is 0 Å². The lowest BCUT2D eigenvalue weighted by Crippen LogP contribution is -2.15. The molecular formula is C15H21NO3. The molecule has 0 radical (unpaired) electrons. The number of ether oxygens (including phenoxy) is 1. The summed E-state index contributed by atoms with van der Waals surface area (Å²) >= 11 is 0. The summed E-state index contributed by atoms with van der Waals surface area (Å²) < 4.78 is 5.50. The highest BCUT2D eigenvalue weighted by molar-refractivity contribution is 5.91. The lowest BCUT2D eigenvalue weighted by atomic mass is 10.1. The Labute approximate surface area is 113 Å². The number of anilines is 1. The molecule has 1 aliphatic rings. The van der Waals surface area contributed by atoms with Crippen LogP contribution in [0.3, 0.4) is 0 Å². The van der Waals surface area contributed by atoms with Crippen molar-refractivity contribution in [1.29, 1.82) is 0 Å². The lowest BCUT2D eigenvalue weighted by molar-refractivity contribution is -0.116. The van der Waals surface area contributed by atoms with Crippen molar-refractivity contribution >= 4 is 11.6 Å². The predicted molar refractivity (Wildman–Crippen MR) is 74.4 cm³/mol. The first kappa shape index (κ1) is 13.9. The highest BCUT2D eigenvalue weighted by atomic mass is 16.5. The molecule has 1 fully saturated rings. The van der Waals surface area contributed by atoms with Gasteiger partial charge < -0.3 is 15.2 Å². The summed E-state index contributed by atoms with van der Waals surface area (Å²) in [5.74, 6) is 0.263. The molecule has 0 saturated carbocycles. The average Bonchev–Trinajstić information content (AvgIpc) is 2.86. The van der Waals surface area contributed by atoms with Gasteiger partial charge in [-0.2, -0.15) is 0 Å². The topological polar surface area (TPSA) is 58.6 Å². The van der Waals surface area contributed by atoms with Crippen LogP contribution in [0.5, 0.6) is 5.75 Å². The van der Waals surface area contributed by atoms with Crippen molar-refractivity contribution in [2.45, 2.75) is 45.6 Å². The van der Waals surface area contributed by atoms with E-state index in [2.05, 4.69) is 5.32 Å². The van der Waals surface area contributed by atoms with E-state index in [9.17, 15) is 9.90 Å². The number of amides is 1. The van der Waals surface area contributed by atoms with E-state index in [-0.39, 0.29) is 17.8 Å². The van der Waals surface area contributed by atoms with Crippen LogP contribution in [0, 0.1) is 13.8 Å². The van der Waals surface area contributed by atoms with Crippen molar-refractivity contribution in [3.05, 3.63) is 23.3 Å². The minimum Gasteiger partial charge on any atom is -0.508 e. The van der Waals surface area contributed by atoms with Crippen LogP contribution in [-0.2, 0) is 9.53 Å². The zero-order chi connectivity index (χ0) is 13.8. The molecule has 0 bridgehead atoms. The first-order chi connectivity index (χ1) is 9.06. The Kier molecular flexibility index (Phi) is 4.43. The van der Waals surface area contributed by atoms with Crippen molar-refractivity contribution in [2.75, 3.05) is 11.9 Å². The molecule has 2 rings (SSSR count). The Bertz CT molecular complexity index is 465. The van der Waals surface area contributed by atoms with Crippen molar-refractivity contribution in [1.82, 2.24) is 0 Å². The van der Waals surface area contributed by atoms with Gasteiger partial charge in [0.2, 0.25) is 5.91 Å². The first-order valence-electron chi connectivity index (χ1n) is 6.78. The molecule has 4 heteroatoms. The average molecular weight is 263 g/mol. The van der Waals surface area contributed by atoms with Crippen LogP contribution in [0.1, 0.15) is 36.8 Å². The molecule has 4 nitrogen and oxygen atoms in total. The molecule has 0 aromatic heterocycles. The molecule has 1 heterocycles. The van der Waals surface area contributed by atoms with E-state index >= 15 is 0 Å². The number of nitrogens with one attached hydrogen (secondary N) is 1. The fourth-order valence-corrected chi connectivity index (χ4v) is 2.31. The number of phenols is 1. The molecule has 1 atom stereocenters. The van der Waals surface area contributed by atoms with Crippen molar-refractivity contribution in [3.8, 4) is 5.75 Å². The third-order valence-corrected chi connectivity index (χ3v) is 3.53. The van der Waals surface area contributed by atoms with E-state index in [1.807, 2.05) is 13.8 Å². The summed E-state index contributed by atoms with van der Waals surface area (Å²) in [6.07, 6.45) is 3.66. The molecule has 104 valence electrons. The molecule has 1 aliphatic heterocycles. The number of carbonyl (C=O) groups excluding carboxylic acids is 1. The molecule has 1 aromatic rings. The Morgan fingerprint density at radius 2 is 2.21 bits per heavy atom. The summed E-state index contributed by atoms with van der Waals surface area (Å²) in [6.45, 7) is 4.51. The smallest absolute Gasteiger partial charge is 0.224 e. The van der Waals surface area contributed by atoms with Crippen molar-refractivity contribution < 1.29 is 14.6 Å². The van der Waals surface area contributed by atoms with Gasteiger partial charge in [0, 0.05) is 18.7 Å². The maximum Gasteiger partial charge on any atom is 0.224 e. The van der Waals surface area contributed by atoms with Crippen LogP contribution >= 0.6 is 0 Å². The highest BCUT2D eigenvalue weighted by Crippen LogP contribution is 2.25. The Morgan fingerprint density at radius 1 is 1.42 bits per heavy atom. The summed E-state index contributed by atoms with van der Waals surface area (Å²) in [4.78, 5) is 11.9. The second-order valence-corrected chi connectivity index (χ2v) is 5.18. The fourth-order valence-electron chi connectivity index (χ4n) is 2.31. The standard InChI is InChI=1S/C15H21NO3/c1-10-9-14(17)11(2)8-13(10)16-15(18)6-5-12-4-3-7-19-12/h8-9,12,17H,3-7H2,1-2H3,(H,16,18). The van der Waals surface area contributed by atoms with Gasteiger partial charge in [-0.25, -0.2) is 0 Å². The summed E-state index contributed by atoms with van der Waals surface area (Å²) in [5, 5.41) is 12.5. The summed E-state index contributed by atoms with van der Waals surface area (Å²) in [5.41, 5.74) is 2.40. The molecule has 0 spiro atoms. The Balaban J connectivity index is 1.89. The van der Waals surface area contributed by atoms with Gasteiger partial charge in [0.05, 0.1) is 6.10 Å². The number of carbonyl (C=O) groups is 1. The van der Waals surface area contributed by atoms with E-state index in [0.717, 1.165) is 42.7 Å². The van der Waals surface area contributed by atoms with E-state index in [1.165, 1.54) is 0 Å². The number of phenolic OH excluding ortho intramolecular Hbond substituents is 1. The number of hydrogen-bond donors (Lipinski definition) is 2. The number of hydrogen-bond acceptors (Lipinski definition) is 3. The normalized spacial score (nSPS) is 18.5. The van der Waals surface area contributed by atoms with Gasteiger partial charge in [0.15, 0.2) is 0 Å². The van der Waals surface area contributed by atoms with Crippen LogP contribution in [0.15, 0.2) is 12.1 Å². The minimum absolute atomic E-state index is 0.00342. The fraction of sp³-hybridized carbons (Fsp3) is 0.533. The maximum atomic E-state index is 11.9. The molecule has 2 N–H and O–H groups in total. The SMILES string of the molecule is Cc1cc(NC(=O)CCC2CCCO2)c(C)cc1O. The van der Waals surface area contributed by atoms with Gasteiger partial charge >= 0.3 is 0 Å². The number of rotatable bonds is 4. The number of aromatic hydroxyl groups is 1. The maximum absolute atomic E-state index is 11.9. The van der Waals surface area contributed by atoms with Crippen LogP contribution in [0.2, 0.25) is 0 Å². The highest BCUT2D eigenvalue weighted by Gasteiger charge is 2.17. The summed E-state index contributed by atoms with van der Waals surface area (Å²) in [6, 6.07) is 3.47. The third-order valence-electron chi connectivity index (χ3n) is 3.53. The van der Waals surface area contributed by atoms with Gasteiger partial charge in [-0.3, -0.25) is 4.79 Å². The van der Waals surface area contributed by atoms with Crippen LogP contribution in [0.25, 0.3) is 0 Å². The van der Waals surface area contributed by atoms with Crippen LogP contribution in [-0.4, -0.2) is 23.7 Å². The summed E-state index contributed by atoms with van der Waals surface area (Å²) in [7, 11) is 0. The van der Waals surface area contributed by atoms with Crippen LogP contribution < -0.4 is 5.32 Å². The van der Waals surface area contributed by atoms with Gasteiger partial charge in [-0.15, -0.1) is 0 Å². The monoisotopic (exact) mass is 263 g/mol. The first-order valence-corrected chi connectivity index (χ1v) is 6.78. The van der Waals surface area contributed by atoms with Gasteiger partial charge in [-0.1, -0.05) is 0 Å². The Hall–Kier alpha value is -1.55. The second kappa shape index (κ2) is 6.06. The quantitative estimate of drug-likeness (QED) is 0.821. The van der Waals surface area contributed by atoms with E-state index in [4.69, 9.17) is 4.74 Å². The molecule has 1 saturated heterocycles. The lowest BCUT2D eigenvalue weighted by Gasteiger charge is -2.12. The number of benzene rings is 1. The predicted octanol–water partition coefficient (Wildman–Crippen LogP) is 2.91. The molecule has 1 amide bonds. The van der Waals surface area contributed by atoms with Gasteiger partial charge in [0.1, 0.15) is 5.75 Å². The van der Waals surface area contributed by atoms with E-state index < -0.39 is 0 Å². The third kappa shape index (κ3) is 3.70. The molecule has 1 aromatic carbocycles. The second-order valence-electron chi connectivity index (χ2n) is 5.18.